The second-order valence-electron chi connectivity index (χ2n) is 10.8. The Morgan fingerprint density at radius 3 is 2.58 bits per heavy atom. The normalized spacial score (nSPS) is 20.7. The van der Waals surface area contributed by atoms with Crippen LogP contribution in [-0.4, -0.2) is 62.2 Å². The van der Waals surface area contributed by atoms with E-state index in [-0.39, 0.29) is 42.7 Å². The molecule has 0 aromatic heterocycles. The number of nitrogens with one attached hydrogen (secondary N) is 3. The second-order valence-corrected chi connectivity index (χ2v) is 11.2. The van der Waals surface area contributed by atoms with Gasteiger partial charge in [0.15, 0.2) is 0 Å². The Morgan fingerprint density at radius 1 is 1.11 bits per heavy atom. The van der Waals surface area contributed by atoms with E-state index in [1.165, 1.54) is 32.1 Å². The molecule has 3 amide bonds. The van der Waals surface area contributed by atoms with Crippen molar-refractivity contribution in [3.63, 3.8) is 0 Å². The molecule has 202 valence electrons. The predicted molar refractivity (Wildman–Crippen MR) is 145 cm³/mol. The first-order valence-electron chi connectivity index (χ1n) is 13.7. The van der Waals surface area contributed by atoms with Gasteiger partial charge in [0.1, 0.15) is 6.61 Å². The monoisotopic (exact) mass is 520 g/mol. The first kappa shape index (κ1) is 28.7. The summed E-state index contributed by atoms with van der Waals surface area (Å²) in [5.41, 5.74) is 0.942. The molecule has 1 aliphatic heterocycles. The summed E-state index contributed by atoms with van der Waals surface area (Å²) in [5, 5.41) is 10.1. The van der Waals surface area contributed by atoms with E-state index in [1.807, 2.05) is 50.1 Å². The fraction of sp³-hybridized carbons (Fsp3) is 0.714. The zero-order valence-corrected chi connectivity index (χ0v) is 23.0. The van der Waals surface area contributed by atoms with E-state index in [4.69, 9.17) is 16.3 Å². The molecule has 1 aromatic rings. The summed E-state index contributed by atoms with van der Waals surface area (Å²) >= 11 is 6.29. The van der Waals surface area contributed by atoms with Crippen LogP contribution in [0.25, 0.3) is 0 Å². The molecule has 0 bridgehead atoms. The molecule has 2 fully saturated rings. The van der Waals surface area contributed by atoms with Crippen LogP contribution in [0.4, 0.5) is 4.79 Å². The van der Waals surface area contributed by atoms with E-state index in [2.05, 4.69) is 16.0 Å². The Kier molecular flexibility index (Phi) is 11.8. The summed E-state index contributed by atoms with van der Waals surface area (Å²) in [6.45, 7) is 5.93. The number of hydrogen-bond acceptors (Lipinski definition) is 4. The number of carbonyl (C=O) groups excluding carboxylic acids is 2. The summed E-state index contributed by atoms with van der Waals surface area (Å²) in [6, 6.07) is 7.82. The first-order chi connectivity index (χ1) is 17.4. The van der Waals surface area contributed by atoms with Crippen molar-refractivity contribution in [1.29, 1.82) is 0 Å². The van der Waals surface area contributed by atoms with Crippen molar-refractivity contribution in [2.75, 3.05) is 33.3 Å². The lowest BCUT2D eigenvalue weighted by Crippen LogP contribution is -2.52. The van der Waals surface area contributed by atoms with Crippen LogP contribution in [0, 0.1) is 11.8 Å². The van der Waals surface area contributed by atoms with Crippen molar-refractivity contribution in [2.24, 2.45) is 11.8 Å². The quantitative estimate of drug-likeness (QED) is 0.387. The van der Waals surface area contributed by atoms with Crippen molar-refractivity contribution in [3.05, 3.63) is 34.9 Å². The summed E-state index contributed by atoms with van der Waals surface area (Å²) in [4.78, 5) is 27.6. The first-order valence-corrected chi connectivity index (χ1v) is 14.1. The fourth-order valence-electron chi connectivity index (χ4n) is 5.69. The van der Waals surface area contributed by atoms with Crippen molar-refractivity contribution < 1.29 is 14.3 Å². The molecule has 1 saturated carbocycles. The summed E-state index contributed by atoms with van der Waals surface area (Å²) < 4.78 is 6.19. The highest BCUT2D eigenvalue weighted by Gasteiger charge is 2.32. The smallest absolute Gasteiger partial charge is 0.317 e. The Labute approximate surface area is 222 Å². The second kappa shape index (κ2) is 14.8. The van der Waals surface area contributed by atoms with Crippen molar-refractivity contribution >= 4 is 23.5 Å². The van der Waals surface area contributed by atoms with E-state index in [9.17, 15) is 9.59 Å². The third-order valence-electron chi connectivity index (χ3n) is 7.31. The number of hydrogen-bond donors (Lipinski definition) is 3. The highest BCUT2D eigenvalue weighted by atomic mass is 35.5. The molecular weight excluding hydrogens is 476 g/mol. The van der Waals surface area contributed by atoms with Gasteiger partial charge in [0.2, 0.25) is 5.91 Å². The maximum Gasteiger partial charge on any atom is 0.317 e. The van der Waals surface area contributed by atoms with Crippen molar-refractivity contribution in [3.8, 4) is 0 Å². The van der Waals surface area contributed by atoms with E-state index < -0.39 is 0 Å². The molecule has 0 spiro atoms. The van der Waals surface area contributed by atoms with Crippen LogP contribution in [0.5, 0.6) is 0 Å². The molecule has 2 aliphatic rings. The minimum atomic E-state index is -0.312. The lowest BCUT2D eigenvalue weighted by molar-refractivity contribution is -0.130. The number of piperidine rings is 1. The molecule has 1 saturated heterocycles. The molecule has 3 rings (SSSR count). The molecule has 1 heterocycles. The third kappa shape index (κ3) is 9.24. The molecule has 7 nitrogen and oxygen atoms in total. The van der Waals surface area contributed by atoms with Gasteiger partial charge in [-0.2, -0.15) is 0 Å². The molecule has 8 heteroatoms. The number of ether oxygens (including phenoxy) is 1. The van der Waals surface area contributed by atoms with Crippen LogP contribution in [-0.2, 0) is 9.53 Å². The zero-order chi connectivity index (χ0) is 25.9. The number of halogens is 1. The van der Waals surface area contributed by atoms with Crippen LogP contribution < -0.4 is 16.0 Å². The van der Waals surface area contributed by atoms with Gasteiger partial charge in [-0.3, -0.25) is 4.79 Å². The summed E-state index contributed by atoms with van der Waals surface area (Å²) in [6.07, 6.45) is 9.03. The molecule has 0 radical (unpaired) electrons. The molecule has 1 aliphatic carbocycles. The lowest BCUT2D eigenvalue weighted by atomic mass is 9.85. The third-order valence-corrected chi connectivity index (χ3v) is 7.55. The Morgan fingerprint density at radius 2 is 1.89 bits per heavy atom. The number of carbonyl (C=O) groups is 2. The zero-order valence-electron chi connectivity index (χ0n) is 22.2. The minimum Gasteiger partial charge on any atom is -0.363 e. The molecule has 1 unspecified atom stereocenters. The number of likely N-dealkylation sites (N-methyl/N-ethyl adjacent to an activating group) is 1. The van der Waals surface area contributed by atoms with Gasteiger partial charge < -0.3 is 25.6 Å². The highest BCUT2D eigenvalue weighted by Crippen LogP contribution is 2.34. The number of likely N-dealkylation sites (tertiary alicyclic amines) is 1. The molecule has 3 atom stereocenters. The van der Waals surface area contributed by atoms with Gasteiger partial charge in [0.05, 0.1) is 6.10 Å². The van der Waals surface area contributed by atoms with Gasteiger partial charge in [-0.1, -0.05) is 55.8 Å². The van der Waals surface area contributed by atoms with Gasteiger partial charge in [0.25, 0.3) is 0 Å². The summed E-state index contributed by atoms with van der Waals surface area (Å²) in [5.74, 6) is 0.639. The highest BCUT2D eigenvalue weighted by molar-refractivity contribution is 6.30. The van der Waals surface area contributed by atoms with Crippen LogP contribution >= 0.6 is 11.6 Å². The number of amides is 3. The number of nitrogens with zero attached hydrogens (tertiary/aromatic N) is 1. The number of urea groups is 1. The van der Waals surface area contributed by atoms with Gasteiger partial charge in [-0.25, -0.2) is 4.79 Å². The lowest BCUT2D eigenvalue weighted by Gasteiger charge is -2.38. The van der Waals surface area contributed by atoms with E-state index >= 15 is 0 Å². The van der Waals surface area contributed by atoms with Crippen LogP contribution in [0.3, 0.4) is 0 Å². The average Bonchev–Trinajstić information content (AvgIpc) is 2.85. The topological polar surface area (TPSA) is 82.7 Å². The summed E-state index contributed by atoms with van der Waals surface area (Å²) in [7, 11) is 1.94. The minimum absolute atomic E-state index is 0.00171. The predicted octanol–water partition coefficient (Wildman–Crippen LogP) is 4.90. The van der Waals surface area contributed by atoms with Gasteiger partial charge >= 0.3 is 6.03 Å². The van der Waals surface area contributed by atoms with E-state index in [1.54, 1.807) is 0 Å². The Hall–Kier alpha value is -1.83. The SMILES string of the molecule is CNCC(CC1CCCCC1)NC(=O)N1CCC[C@@H]([C@@H](OCC(=O)NC(C)C)c2cccc(Cl)c2)C1. The maximum atomic E-state index is 13.3. The molecule has 36 heavy (non-hydrogen) atoms. The van der Waals surface area contributed by atoms with E-state index in [0.717, 1.165) is 37.9 Å². The van der Waals surface area contributed by atoms with Crippen LogP contribution in [0.15, 0.2) is 24.3 Å². The van der Waals surface area contributed by atoms with Gasteiger partial charge in [-0.05, 0) is 63.8 Å². The molecule has 3 N–H and O–H groups in total. The number of benzene rings is 1. The largest absolute Gasteiger partial charge is 0.363 e. The fourth-order valence-corrected chi connectivity index (χ4v) is 5.89. The Balaban J connectivity index is 1.65. The maximum absolute atomic E-state index is 13.3. The van der Waals surface area contributed by atoms with E-state index in [0.29, 0.717) is 17.5 Å². The van der Waals surface area contributed by atoms with Crippen molar-refractivity contribution in [1.82, 2.24) is 20.9 Å². The standard InChI is InChI=1S/C28H45ClN4O3/c1-20(2)31-26(34)19-36-27(22-11-7-13-24(29)16-22)23-12-8-14-33(18-23)28(35)32-25(17-30-3)15-21-9-5-4-6-10-21/h7,11,13,16,20-21,23,25,27,30H,4-6,8-10,12,14-15,17-19H2,1-3H3,(H,31,34)(H,32,35)/t23-,25?,27+/m1/s1. The molecule has 1 aromatic carbocycles. The number of rotatable bonds is 11. The van der Waals surface area contributed by atoms with Crippen molar-refractivity contribution in [2.45, 2.75) is 83.4 Å². The van der Waals surface area contributed by atoms with Gasteiger partial charge in [0, 0.05) is 42.7 Å². The average molecular weight is 521 g/mol. The van der Waals surface area contributed by atoms with Gasteiger partial charge in [-0.15, -0.1) is 0 Å². The van der Waals surface area contributed by atoms with Crippen LogP contribution in [0.2, 0.25) is 5.02 Å². The Bertz CT molecular complexity index is 831. The van der Waals surface area contributed by atoms with Crippen LogP contribution in [0.1, 0.15) is 76.9 Å². The molecular formula is C28H45ClN4O3.